The van der Waals surface area contributed by atoms with E-state index in [0.717, 1.165) is 45.1 Å². The van der Waals surface area contributed by atoms with Gasteiger partial charge >= 0.3 is 0 Å². The van der Waals surface area contributed by atoms with Crippen LogP contribution >= 0.6 is 0 Å². The van der Waals surface area contributed by atoms with Crippen LogP contribution in [0.3, 0.4) is 0 Å². The zero-order valence-electron chi connectivity index (χ0n) is 11.9. The van der Waals surface area contributed by atoms with E-state index in [2.05, 4.69) is 4.90 Å². The monoisotopic (exact) mass is 268 g/mol. The lowest BCUT2D eigenvalue weighted by molar-refractivity contribution is -0.142. The van der Waals surface area contributed by atoms with Crippen molar-refractivity contribution in [3.63, 3.8) is 0 Å². The highest BCUT2D eigenvalue weighted by Gasteiger charge is 2.36. The Balaban J connectivity index is 2.02. The molecule has 1 amide bonds. The third-order valence-electron chi connectivity index (χ3n) is 4.90. The topological polar surface area (TPSA) is 66.6 Å². The largest absolute Gasteiger partial charge is 0.396 e. The molecule has 3 unspecified atom stereocenters. The smallest absolute Gasteiger partial charge is 0.226 e. The van der Waals surface area contributed by atoms with Crippen molar-refractivity contribution in [2.24, 2.45) is 17.6 Å². The van der Waals surface area contributed by atoms with Crippen molar-refractivity contribution in [1.29, 1.82) is 0 Å². The Labute approximate surface area is 116 Å². The van der Waals surface area contributed by atoms with Crippen LogP contribution < -0.4 is 5.73 Å². The Bertz CT molecular complexity index is 294. The zero-order chi connectivity index (χ0) is 13.7. The summed E-state index contributed by atoms with van der Waals surface area (Å²) in [5.74, 6) is 0.823. The first-order chi connectivity index (χ1) is 9.27. The first-order valence-corrected chi connectivity index (χ1v) is 7.89. The standard InChI is InChI=1S/C15H28N2O2/c16-11-12-5-1-2-7-14(12)15(19)17-9-4-3-6-13(17)8-10-18/h12-14,18H,1-11,16H2. The van der Waals surface area contributed by atoms with Crippen molar-refractivity contribution in [3.05, 3.63) is 0 Å². The van der Waals surface area contributed by atoms with E-state index in [1.165, 1.54) is 12.8 Å². The second kappa shape index (κ2) is 7.25. The summed E-state index contributed by atoms with van der Waals surface area (Å²) in [7, 11) is 0. The number of piperidine rings is 1. The van der Waals surface area contributed by atoms with Crippen LogP contribution in [-0.4, -0.2) is 41.7 Å². The summed E-state index contributed by atoms with van der Waals surface area (Å²) in [6, 6.07) is 0.256. The first-order valence-electron chi connectivity index (χ1n) is 7.89. The average molecular weight is 268 g/mol. The molecular formula is C15H28N2O2. The van der Waals surface area contributed by atoms with Gasteiger partial charge in [0.25, 0.3) is 0 Å². The number of hydrogen-bond acceptors (Lipinski definition) is 3. The lowest BCUT2D eigenvalue weighted by Crippen LogP contribution is -2.49. The lowest BCUT2D eigenvalue weighted by Gasteiger charge is -2.40. The molecule has 2 fully saturated rings. The molecule has 1 saturated heterocycles. The maximum Gasteiger partial charge on any atom is 0.226 e. The fourth-order valence-corrected chi connectivity index (χ4v) is 3.77. The second-order valence-electron chi connectivity index (χ2n) is 6.08. The predicted molar refractivity (Wildman–Crippen MR) is 75.6 cm³/mol. The number of nitrogens with two attached hydrogens (primary N) is 1. The molecule has 1 saturated carbocycles. The molecule has 4 heteroatoms. The number of carbonyl (C=O) groups is 1. The van der Waals surface area contributed by atoms with Gasteiger partial charge in [-0.05, 0) is 51.0 Å². The lowest BCUT2D eigenvalue weighted by atomic mass is 9.78. The van der Waals surface area contributed by atoms with E-state index in [0.29, 0.717) is 18.4 Å². The Morgan fingerprint density at radius 1 is 1.16 bits per heavy atom. The number of hydrogen-bond donors (Lipinski definition) is 2. The van der Waals surface area contributed by atoms with Crippen molar-refractivity contribution in [1.82, 2.24) is 4.90 Å². The molecule has 0 radical (unpaired) electrons. The number of amides is 1. The van der Waals surface area contributed by atoms with Crippen LogP contribution in [0.15, 0.2) is 0 Å². The van der Waals surface area contributed by atoms with Gasteiger partial charge in [-0.2, -0.15) is 0 Å². The Morgan fingerprint density at radius 3 is 2.63 bits per heavy atom. The summed E-state index contributed by atoms with van der Waals surface area (Å²) in [6.07, 6.45) is 8.54. The molecule has 0 aromatic rings. The predicted octanol–water partition coefficient (Wildman–Crippen LogP) is 1.51. The summed E-state index contributed by atoms with van der Waals surface area (Å²) in [6.45, 7) is 1.69. The summed E-state index contributed by atoms with van der Waals surface area (Å²) in [4.78, 5) is 14.9. The Morgan fingerprint density at radius 2 is 1.89 bits per heavy atom. The Kier molecular flexibility index (Phi) is 5.64. The van der Waals surface area contributed by atoms with Gasteiger partial charge in [-0.1, -0.05) is 12.8 Å². The highest BCUT2D eigenvalue weighted by Crippen LogP contribution is 2.33. The Hall–Kier alpha value is -0.610. The molecule has 1 heterocycles. The number of carbonyl (C=O) groups excluding carboxylic acids is 1. The van der Waals surface area contributed by atoms with E-state index in [-0.39, 0.29) is 18.6 Å². The molecule has 2 rings (SSSR count). The zero-order valence-corrected chi connectivity index (χ0v) is 11.9. The molecule has 0 aromatic heterocycles. The normalized spacial score (nSPS) is 32.3. The van der Waals surface area contributed by atoms with Crippen LogP contribution in [-0.2, 0) is 4.79 Å². The highest BCUT2D eigenvalue weighted by molar-refractivity contribution is 5.79. The quantitative estimate of drug-likeness (QED) is 0.812. The molecule has 4 nitrogen and oxygen atoms in total. The molecule has 2 aliphatic rings. The van der Waals surface area contributed by atoms with E-state index >= 15 is 0 Å². The summed E-state index contributed by atoms with van der Waals surface area (Å²) in [5, 5.41) is 9.17. The summed E-state index contributed by atoms with van der Waals surface area (Å²) < 4.78 is 0. The van der Waals surface area contributed by atoms with Crippen molar-refractivity contribution in [2.75, 3.05) is 19.7 Å². The maximum atomic E-state index is 12.8. The highest BCUT2D eigenvalue weighted by atomic mass is 16.3. The van der Waals surface area contributed by atoms with Gasteiger partial charge in [0.2, 0.25) is 5.91 Å². The molecule has 1 aliphatic carbocycles. The van der Waals surface area contributed by atoms with Crippen LogP contribution in [0.2, 0.25) is 0 Å². The molecule has 0 spiro atoms. The molecule has 110 valence electrons. The van der Waals surface area contributed by atoms with Crippen LogP contribution in [0.5, 0.6) is 0 Å². The van der Waals surface area contributed by atoms with E-state index in [9.17, 15) is 4.79 Å². The summed E-state index contributed by atoms with van der Waals surface area (Å²) >= 11 is 0. The SMILES string of the molecule is NCC1CCCCC1C(=O)N1CCCCC1CCO. The van der Waals surface area contributed by atoms with Gasteiger partial charge in [0.15, 0.2) is 0 Å². The van der Waals surface area contributed by atoms with Crippen LogP contribution in [0, 0.1) is 11.8 Å². The van der Waals surface area contributed by atoms with E-state index in [1.807, 2.05) is 0 Å². The average Bonchev–Trinajstić information content (AvgIpc) is 2.47. The fraction of sp³-hybridized carbons (Fsp3) is 0.933. The van der Waals surface area contributed by atoms with Crippen LogP contribution in [0.4, 0.5) is 0 Å². The van der Waals surface area contributed by atoms with Crippen molar-refractivity contribution >= 4 is 5.91 Å². The number of rotatable bonds is 4. The molecule has 0 aromatic carbocycles. The number of aliphatic hydroxyl groups excluding tert-OH is 1. The molecule has 3 N–H and O–H groups in total. The van der Waals surface area contributed by atoms with Gasteiger partial charge in [0.1, 0.15) is 0 Å². The third-order valence-corrected chi connectivity index (χ3v) is 4.90. The third kappa shape index (κ3) is 3.48. The fourth-order valence-electron chi connectivity index (χ4n) is 3.77. The van der Waals surface area contributed by atoms with E-state index in [1.54, 1.807) is 0 Å². The first kappa shape index (κ1) is 14.8. The maximum absolute atomic E-state index is 12.8. The molecule has 3 atom stereocenters. The van der Waals surface area contributed by atoms with Crippen LogP contribution in [0.25, 0.3) is 0 Å². The molecular weight excluding hydrogens is 240 g/mol. The van der Waals surface area contributed by atoms with Gasteiger partial charge in [-0.3, -0.25) is 4.79 Å². The minimum Gasteiger partial charge on any atom is -0.396 e. The number of aliphatic hydroxyl groups is 1. The van der Waals surface area contributed by atoms with Crippen LogP contribution in [0.1, 0.15) is 51.4 Å². The van der Waals surface area contributed by atoms with Gasteiger partial charge in [0, 0.05) is 25.1 Å². The minimum atomic E-state index is 0.137. The van der Waals surface area contributed by atoms with E-state index in [4.69, 9.17) is 10.8 Å². The summed E-state index contributed by atoms with van der Waals surface area (Å²) in [5.41, 5.74) is 5.84. The molecule has 0 bridgehead atoms. The van der Waals surface area contributed by atoms with Crippen molar-refractivity contribution in [3.8, 4) is 0 Å². The van der Waals surface area contributed by atoms with Gasteiger partial charge in [-0.15, -0.1) is 0 Å². The van der Waals surface area contributed by atoms with Crippen molar-refractivity contribution in [2.45, 2.75) is 57.4 Å². The van der Waals surface area contributed by atoms with Gasteiger partial charge < -0.3 is 15.7 Å². The molecule has 1 aliphatic heterocycles. The van der Waals surface area contributed by atoms with Gasteiger partial charge in [0.05, 0.1) is 0 Å². The second-order valence-corrected chi connectivity index (χ2v) is 6.08. The van der Waals surface area contributed by atoms with Crippen molar-refractivity contribution < 1.29 is 9.90 Å². The van der Waals surface area contributed by atoms with Gasteiger partial charge in [-0.25, -0.2) is 0 Å². The van der Waals surface area contributed by atoms with E-state index < -0.39 is 0 Å². The minimum absolute atomic E-state index is 0.137. The molecule has 19 heavy (non-hydrogen) atoms. The number of likely N-dealkylation sites (tertiary alicyclic amines) is 1. The number of nitrogens with zero attached hydrogens (tertiary/aromatic N) is 1.